The van der Waals surface area contributed by atoms with E-state index in [4.69, 9.17) is 43.4 Å². The van der Waals surface area contributed by atoms with Crippen LogP contribution in [-0.4, -0.2) is 34.2 Å². The first kappa shape index (κ1) is 18.4. The van der Waals surface area contributed by atoms with Gasteiger partial charge in [-0.25, -0.2) is 17.6 Å². The van der Waals surface area contributed by atoms with Gasteiger partial charge in [-0.15, -0.1) is 0 Å². The second kappa shape index (κ2) is 7.60. The van der Waals surface area contributed by atoms with Gasteiger partial charge in [-0.1, -0.05) is 23.2 Å². The Hall–Kier alpha value is -0.600. The highest BCUT2D eigenvalue weighted by atomic mass is 35.7. The van der Waals surface area contributed by atoms with Gasteiger partial charge < -0.3 is 9.47 Å². The van der Waals surface area contributed by atoms with E-state index in [0.29, 0.717) is 12.7 Å². The van der Waals surface area contributed by atoms with Gasteiger partial charge in [-0.05, 0) is 13.0 Å². The summed E-state index contributed by atoms with van der Waals surface area (Å²) in [5, 5.41) is -1.39. The average Bonchev–Trinajstić information content (AvgIpc) is 2.37. The lowest BCUT2D eigenvalue weighted by atomic mass is 10.2. The Morgan fingerprint density at radius 1 is 1.29 bits per heavy atom. The smallest absolute Gasteiger partial charge is 0.339 e. The van der Waals surface area contributed by atoms with E-state index in [2.05, 4.69) is 0 Å². The molecule has 0 aliphatic rings. The molecule has 0 atom stereocenters. The predicted molar refractivity (Wildman–Crippen MR) is 76.2 cm³/mol. The van der Waals surface area contributed by atoms with Gasteiger partial charge in [-0.3, -0.25) is 0 Å². The highest BCUT2D eigenvalue weighted by molar-refractivity contribution is 8.14. The van der Waals surface area contributed by atoms with Crippen molar-refractivity contribution in [2.45, 2.75) is 11.8 Å². The number of rotatable bonds is 6. The molecule has 0 aliphatic heterocycles. The summed E-state index contributed by atoms with van der Waals surface area (Å²) in [6.07, 6.45) is 0. The fourth-order valence-electron chi connectivity index (χ4n) is 1.36. The summed E-state index contributed by atoms with van der Waals surface area (Å²) in [4.78, 5) is 10.9. The molecule has 0 aliphatic carbocycles. The molecule has 0 unspecified atom stereocenters. The molecule has 0 saturated carbocycles. The molecule has 0 fully saturated rings. The van der Waals surface area contributed by atoms with Crippen molar-refractivity contribution in [3.63, 3.8) is 0 Å². The molecule has 5 nitrogen and oxygen atoms in total. The minimum absolute atomic E-state index is 0.101. The Morgan fingerprint density at radius 3 is 2.43 bits per heavy atom. The van der Waals surface area contributed by atoms with Crippen LogP contribution in [0.25, 0.3) is 0 Å². The Morgan fingerprint density at radius 2 is 1.90 bits per heavy atom. The molecule has 0 spiro atoms. The van der Waals surface area contributed by atoms with E-state index in [0.717, 1.165) is 0 Å². The van der Waals surface area contributed by atoms with Gasteiger partial charge in [0.15, 0.2) is 0 Å². The number of benzene rings is 1. The molecule has 0 N–H and O–H groups in total. The molecule has 0 radical (unpaired) electrons. The molecule has 1 aromatic rings. The van der Waals surface area contributed by atoms with E-state index in [9.17, 15) is 17.6 Å². The number of carbonyl (C=O) groups is 1. The van der Waals surface area contributed by atoms with Crippen molar-refractivity contribution in [1.29, 1.82) is 0 Å². The summed E-state index contributed by atoms with van der Waals surface area (Å²) >= 11 is 11.3. The van der Waals surface area contributed by atoms with Gasteiger partial charge in [0.05, 0.1) is 22.2 Å². The molecular weight excluding hydrogens is 370 g/mol. The summed E-state index contributed by atoms with van der Waals surface area (Å²) in [5.74, 6) is -2.17. The van der Waals surface area contributed by atoms with Crippen LogP contribution in [0.5, 0.6) is 0 Å². The zero-order valence-corrected chi connectivity index (χ0v) is 13.7. The standard InChI is InChI=1S/C11H10Cl3FO5S/c1-2-19-3-4-20-11(16)6-5-7(15)9(13)10(8(6)12)21(14,17)18/h5H,2-4H2,1H3. The Labute approximate surface area is 135 Å². The molecule has 0 heterocycles. The maximum Gasteiger partial charge on any atom is 0.339 e. The predicted octanol–water partition coefficient (Wildman–Crippen LogP) is 3.25. The molecule has 1 aromatic carbocycles. The SMILES string of the molecule is CCOCCOC(=O)c1cc(F)c(Cl)c(S(=O)(=O)Cl)c1Cl. The summed E-state index contributed by atoms with van der Waals surface area (Å²) in [7, 11) is 0.692. The molecule has 118 valence electrons. The second-order valence-electron chi connectivity index (χ2n) is 3.63. The van der Waals surface area contributed by atoms with Crippen molar-refractivity contribution in [1.82, 2.24) is 0 Å². The number of hydrogen-bond donors (Lipinski definition) is 0. The van der Waals surface area contributed by atoms with E-state index in [1.165, 1.54) is 0 Å². The van der Waals surface area contributed by atoms with Crippen molar-refractivity contribution in [3.05, 3.63) is 27.5 Å². The maximum absolute atomic E-state index is 13.6. The molecule has 1 rings (SSSR count). The minimum atomic E-state index is -4.44. The highest BCUT2D eigenvalue weighted by Crippen LogP contribution is 2.36. The van der Waals surface area contributed by atoms with Crippen LogP contribution in [0, 0.1) is 5.82 Å². The fraction of sp³-hybridized carbons (Fsp3) is 0.364. The third kappa shape index (κ3) is 4.69. The summed E-state index contributed by atoms with van der Waals surface area (Å²) < 4.78 is 46.1. The normalized spacial score (nSPS) is 11.5. The van der Waals surface area contributed by atoms with E-state index < -0.39 is 41.3 Å². The quantitative estimate of drug-likeness (QED) is 0.328. The first-order chi connectivity index (χ1) is 9.70. The van der Waals surface area contributed by atoms with Crippen LogP contribution in [0.2, 0.25) is 10.0 Å². The number of halogens is 4. The molecule has 0 amide bonds. The Kier molecular flexibility index (Phi) is 6.68. The van der Waals surface area contributed by atoms with Crippen molar-refractivity contribution in [3.8, 4) is 0 Å². The average molecular weight is 380 g/mol. The summed E-state index contributed by atoms with van der Waals surface area (Å²) in [5.41, 5.74) is -0.491. The first-order valence-corrected chi connectivity index (χ1v) is 8.63. The largest absolute Gasteiger partial charge is 0.460 e. The lowest BCUT2D eigenvalue weighted by Crippen LogP contribution is -2.13. The third-order valence-electron chi connectivity index (χ3n) is 2.24. The minimum Gasteiger partial charge on any atom is -0.460 e. The van der Waals surface area contributed by atoms with E-state index in [1.807, 2.05) is 0 Å². The van der Waals surface area contributed by atoms with Crippen LogP contribution in [-0.2, 0) is 18.5 Å². The lowest BCUT2D eigenvalue weighted by molar-refractivity contribution is 0.0335. The maximum atomic E-state index is 13.6. The van der Waals surface area contributed by atoms with Gasteiger partial charge in [0.25, 0.3) is 9.05 Å². The second-order valence-corrected chi connectivity index (χ2v) is 6.89. The van der Waals surface area contributed by atoms with Crippen molar-refractivity contribution in [2.75, 3.05) is 19.8 Å². The Balaban J connectivity index is 3.15. The van der Waals surface area contributed by atoms with E-state index in [-0.39, 0.29) is 13.2 Å². The van der Waals surface area contributed by atoms with Crippen LogP contribution >= 0.6 is 33.9 Å². The van der Waals surface area contributed by atoms with Crippen LogP contribution in [0.1, 0.15) is 17.3 Å². The van der Waals surface area contributed by atoms with Crippen molar-refractivity contribution < 1.29 is 27.1 Å². The first-order valence-electron chi connectivity index (χ1n) is 5.57. The third-order valence-corrected chi connectivity index (χ3v) is 4.59. The number of esters is 1. The molecule has 0 bridgehead atoms. The number of hydrogen-bond acceptors (Lipinski definition) is 5. The van der Waals surface area contributed by atoms with Gasteiger partial charge in [0.2, 0.25) is 0 Å². The summed E-state index contributed by atoms with van der Waals surface area (Å²) in [6.45, 7) is 2.22. The van der Waals surface area contributed by atoms with Crippen molar-refractivity contribution >= 4 is 48.9 Å². The molecule has 21 heavy (non-hydrogen) atoms. The van der Waals surface area contributed by atoms with Gasteiger partial charge >= 0.3 is 5.97 Å². The summed E-state index contributed by atoms with van der Waals surface area (Å²) in [6, 6.07) is 0.680. The number of carbonyl (C=O) groups excluding carboxylic acids is 1. The molecule has 0 aromatic heterocycles. The van der Waals surface area contributed by atoms with Crippen LogP contribution in [0.3, 0.4) is 0 Å². The molecular formula is C11H10Cl3FO5S. The van der Waals surface area contributed by atoms with Crippen molar-refractivity contribution in [2.24, 2.45) is 0 Å². The number of ether oxygens (including phenoxy) is 2. The Bertz CT molecular complexity index is 648. The van der Waals surface area contributed by atoms with Crippen LogP contribution in [0.15, 0.2) is 11.0 Å². The zero-order valence-electron chi connectivity index (χ0n) is 10.7. The fourth-order valence-corrected chi connectivity index (χ4v) is 3.73. The monoisotopic (exact) mass is 378 g/mol. The molecule has 10 heteroatoms. The van der Waals surface area contributed by atoms with Gasteiger partial charge in [0.1, 0.15) is 17.3 Å². The van der Waals surface area contributed by atoms with E-state index in [1.54, 1.807) is 6.92 Å². The van der Waals surface area contributed by atoms with Gasteiger partial charge in [-0.2, -0.15) is 0 Å². The van der Waals surface area contributed by atoms with Crippen LogP contribution in [0.4, 0.5) is 4.39 Å². The van der Waals surface area contributed by atoms with Crippen LogP contribution < -0.4 is 0 Å². The zero-order chi connectivity index (χ0) is 16.2. The van der Waals surface area contributed by atoms with E-state index >= 15 is 0 Å². The lowest BCUT2D eigenvalue weighted by Gasteiger charge is -2.10. The highest BCUT2D eigenvalue weighted by Gasteiger charge is 2.28. The molecule has 0 saturated heterocycles. The topological polar surface area (TPSA) is 69.7 Å². The van der Waals surface area contributed by atoms with Gasteiger partial charge in [0, 0.05) is 17.3 Å².